The van der Waals surface area contributed by atoms with Gasteiger partial charge in [-0.2, -0.15) is 5.26 Å². The number of alkyl halides is 1. The molecule has 3 N–H and O–H groups in total. The first-order valence-electron chi connectivity index (χ1n) is 12.0. The fourth-order valence-electron chi connectivity index (χ4n) is 4.89. The molecule has 0 saturated carbocycles. The van der Waals surface area contributed by atoms with E-state index >= 15 is 0 Å². The van der Waals surface area contributed by atoms with E-state index in [1.807, 2.05) is 47.4 Å². The number of hydrogen-bond acceptors (Lipinski definition) is 4. The van der Waals surface area contributed by atoms with Crippen molar-refractivity contribution in [3.8, 4) is 6.07 Å². The Morgan fingerprint density at radius 2 is 1.97 bits per heavy atom. The molecule has 7 heteroatoms. The highest BCUT2D eigenvalue weighted by Gasteiger charge is 2.27. The number of halogens is 1. The number of amides is 2. The van der Waals surface area contributed by atoms with E-state index < -0.39 is 0 Å². The first-order chi connectivity index (χ1) is 16.6. The van der Waals surface area contributed by atoms with E-state index in [1.54, 1.807) is 0 Å². The fraction of sp³-hybridized carbons (Fsp3) is 0.407. The normalized spacial score (nSPS) is 18.2. The summed E-state index contributed by atoms with van der Waals surface area (Å²) in [5.41, 5.74) is 11.7. The highest BCUT2D eigenvalue weighted by atomic mass is 127. The number of likely N-dealkylation sites (tertiary alicyclic amines) is 1. The largest absolute Gasteiger partial charge is 0.399 e. The van der Waals surface area contributed by atoms with E-state index in [0.717, 1.165) is 66.7 Å². The minimum atomic E-state index is -0.0515. The summed E-state index contributed by atoms with van der Waals surface area (Å²) in [7, 11) is 0. The highest BCUT2D eigenvalue weighted by Crippen LogP contribution is 2.30. The number of nitrogens with one attached hydrogen (secondary N) is 1. The van der Waals surface area contributed by atoms with Gasteiger partial charge in [-0.05, 0) is 92.2 Å². The van der Waals surface area contributed by atoms with Crippen LogP contribution in [0.3, 0.4) is 0 Å². The van der Waals surface area contributed by atoms with E-state index in [-0.39, 0.29) is 12.1 Å². The Bertz CT molecular complexity index is 1070. The van der Waals surface area contributed by atoms with Gasteiger partial charge in [-0.25, -0.2) is 4.79 Å². The van der Waals surface area contributed by atoms with Crippen LogP contribution < -0.4 is 11.1 Å². The maximum atomic E-state index is 13.5. The standard InChI is InChI=1S/C27H32IN5O/c28-18-21-15-24(30)17-25(16-21)31-27(34)33(14-13-32-11-1-2-12-32)26-9-7-23(8-10-26)22-5-3-20(19-29)4-6-22/h3-7,15-17,26H,1-2,8-14,18,30H2,(H,31,34). The zero-order valence-corrected chi connectivity index (χ0v) is 21.6. The van der Waals surface area contributed by atoms with Gasteiger partial charge in [0.25, 0.3) is 0 Å². The monoisotopic (exact) mass is 569 g/mol. The molecule has 178 valence electrons. The third-order valence-electron chi connectivity index (χ3n) is 6.75. The van der Waals surface area contributed by atoms with E-state index in [1.165, 1.54) is 18.4 Å². The van der Waals surface area contributed by atoms with E-state index in [4.69, 9.17) is 11.0 Å². The van der Waals surface area contributed by atoms with Gasteiger partial charge in [0.2, 0.25) is 0 Å². The molecule has 1 unspecified atom stereocenters. The summed E-state index contributed by atoms with van der Waals surface area (Å²) >= 11 is 2.31. The van der Waals surface area contributed by atoms with Crippen molar-refractivity contribution in [2.75, 3.05) is 37.2 Å². The quantitative estimate of drug-likeness (QED) is 0.257. The zero-order chi connectivity index (χ0) is 23.9. The Morgan fingerprint density at radius 1 is 1.21 bits per heavy atom. The summed E-state index contributed by atoms with van der Waals surface area (Å²) in [6.45, 7) is 3.87. The minimum Gasteiger partial charge on any atom is -0.399 e. The number of urea groups is 1. The number of anilines is 2. The molecular weight excluding hydrogens is 537 g/mol. The maximum absolute atomic E-state index is 13.5. The molecular formula is C27H32IN5O. The van der Waals surface area contributed by atoms with Crippen LogP contribution in [0.15, 0.2) is 48.5 Å². The number of nitriles is 1. The van der Waals surface area contributed by atoms with Gasteiger partial charge in [0, 0.05) is 34.9 Å². The number of allylic oxidation sites excluding steroid dienone is 1. The highest BCUT2D eigenvalue weighted by molar-refractivity contribution is 14.1. The Morgan fingerprint density at radius 3 is 2.62 bits per heavy atom. The first kappa shape index (κ1) is 24.6. The number of nitrogens with zero attached hydrogens (tertiary/aromatic N) is 3. The van der Waals surface area contributed by atoms with Gasteiger partial charge >= 0.3 is 6.03 Å². The molecule has 0 aromatic heterocycles. The summed E-state index contributed by atoms with van der Waals surface area (Å²) in [6, 6.07) is 15.8. The molecule has 1 heterocycles. The number of carbonyl (C=O) groups excluding carboxylic acids is 1. The Kier molecular flexibility index (Phi) is 8.46. The van der Waals surface area contributed by atoms with Crippen LogP contribution in [-0.4, -0.2) is 48.1 Å². The van der Waals surface area contributed by atoms with Crippen molar-refractivity contribution < 1.29 is 4.79 Å². The Hall–Kier alpha value is -2.57. The average molecular weight is 569 g/mol. The van der Waals surface area contributed by atoms with Gasteiger partial charge in [0.1, 0.15) is 0 Å². The molecule has 1 saturated heterocycles. The molecule has 1 fully saturated rings. The van der Waals surface area contributed by atoms with Crippen LogP contribution in [0.4, 0.5) is 16.2 Å². The van der Waals surface area contributed by atoms with Crippen molar-refractivity contribution in [2.24, 2.45) is 0 Å². The molecule has 2 amide bonds. The summed E-state index contributed by atoms with van der Waals surface area (Å²) in [5, 5.41) is 12.2. The van der Waals surface area contributed by atoms with Crippen LogP contribution in [0.25, 0.3) is 5.57 Å². The Labute approximate surface area is 215 Å². The number of nitrogens with two attached hydrogens (primary N) is 1. The van der Waals surface area contributed by atoms with Crippen LogP contribution >= 0.6 is 22.6 Å². The van der Waals surface area contributed by atoms with Gasteiger partial charge in [0.05, 0.1) is 11.6 Å². The molecule has 2 aliphatic rings. The molecule has 1 aliphatic heterocycles. The molecule has 34 heavy (non-hydrogen) atoms. The lowest BCUT2D eigenvalue weighted by molar-refractivity contribution is 0.170. The number of carbonyl (C=O) groups is 1. The van der Waals surface area contributed by atoms with Crippen LogP contribution in [-0.2, 0) is 4.43 Å². The molecule has 0 radical (unpaired) electrons. The second-order valence-corrected chi connectivity index (χ2v) is 9.88. The summed E-state index contributed by atoms with van der Waals surface area (Å²) < 4.78 is 0.843. The van der Waals surface area contributed by atoms with Crippen molar-refractivity contribution in [3.63, 3.8) is 0 Å². The topological polar surface area (TPSA) is 85.4 Å². The predicted molar refractivity (Wildman–Crippen MR) is 147 cm³/mol. The number of nitrogen functional groups attached to an aromatic ring is 1. The molecule has 2 aromatic rings. The smallest absolute Gasteiger partial charge is 0.322 e. The Balaban J connectivity index is 1.47. The van der Waals surface area contributed by atoms with Gasteiger partial charge in [-0.1, -0.05) is 40.8 Å². The van der Waals surface area contributed by atoms with E-state index in [0.29, 0.717) is 11.3 Å². The van der Waals surface area contributed by atoms with Crippen molar-refractivity contribution in [1.82, 2.24) is 9.80 Å². The summed E-state index contributed by atoms with van der Waals surface area (Å²) in [6.07, 6.45) is 7.43. The van der Waals surface area contributed by atoms with Gasteiger partial charge in [0.15, 0.2) is 0 Å². The summed E-state index contributed by atoms with van der Waals surface area (Å²) in [4.78, 5) is 17.9. The number of hydrogen-bond donors (Lipinski definition) is 2. The molecule has 1 aliphatic carbocycles. The van der Waals surface area contributed by atoms with Gasteiger partial charge < -0.3 is 20.9 Å². The van der Waals surface area contributed by atoms with E-state index in [9.17, 15) is 4.79 Å². The molecule has 4 rings (SSSR count). The number of rotatable bonds is 7. The van der Waals surface area contributed by atoms with Crippen molar-refractivity contribution in [1.29, 1.82) is 5.26 Å². The minimum absolute atomic E-state index is 0.0515. The maximum Gasteiger partial charge on any atom is 0.322 e. The lowest BCUT2D eigenvalue weighted by Crippen LogP contribution is -2.47. The van der Waals surface area contributed by atoms with Crippen molar-refractivity contribution >= 4 is 45.6 Å². The fourth-order valence-corrected chi connectivity index (χ4v) is 5.33. The average Bonchev–Trinajstić information content (AvgIpc) is 3.38. The third kappa shape index (κ3) is 6.30. The second kappa shape index (κ2) is 11.7. The molecule has 0 bridgehead atoms. The zero-order valence-electron chi connectivity index (χ0n) is 19.5. The van der Waals surface area contributed by atoms with Crippen molar-refractivity contribution in [3.05, 3.63) is 65.2 Å². The van der Waals surface area contributed by atoms with Crippen LogP contribution in [0.5, 0.6) is 0 Å². The third-order valence-corrected chi connectivity index (χ3v) is 7.63. The molecule has 2 aromatic carbocycles. The predicted octanol–water partition coefficient (Wildman–Crippen LogP) is 5.64. The lowest BCUT2D eigenvalue weighted by atomic mass is 9.89. The molecule has 6 nitrogen and oxygen atoms in total. The lowest BCUT2D eigenvalue weighted by Gasteiger charge is -2.35. The first-order valence-corrected chi connectivity index (χ1v) is 13.5. The van der Waals surface area contributed by atoms with Gasteiger partial charge in [-0.15, -0.1) is 0 Å². The van der Waals surface area contributed by atoms with Crippen LogP contribution in [0.2, 0.25) is 0 Å². The molecule has 1 atom stereocenters. The number of benzene rings is 2. The van der Waals surface area contributed by atoms with Crippen LogP contribution in [0, 0.1) is 11.3 Å². The van der Waals surface area contributed by atoms with E-state index in [2.05, 4.69) is 45.0 Å². The van der Waals surface area contributed by atoms with Crippen LogP contribution in [0.1, 0.15) is 48.8 Å². The second-order valence-electron chi connectivity index (χ2n) is 9.12. The SMILES string of the molecule is N#Cc1ccc(C2=CCC(N(CCN3CCCC3)C(=O)Nc3cc(N)cc(CI)c3)CC2)cc1. The van der Waals surface area contributed by atoms with Crippen molar-refractivity contribution in [2.45, 2.75) is 42.6 Å². The van der Waals surface area contributed by atoms with Gasteiger partial charge in [-0.3, -0.25) is 0 Å². The summed E-state index contributed by atoms with van der Waals surface area (Å²) in [5.74, 6) is 0. The molecule has 0 spiro atoms.